The SMILES string of the molecule is CC(C)(C)CC(C)(C)CC(=S)NC(CNC1CCCC(O)C(O)C1O)C(O)CC(O)C(C)(C)CC(C)(C)C. The van der Waals surface area contributed by atoms with Crippen LogP contribution in [-0.2, 0) is 0 Å². The highest BCUT2D eigenvalue weighted by atomic mass is 32.1. The van der Waals surface area contributed by atoms with Crippen molar-refractivity contribution >= 4 is 17.2 Å². The molecule has 0 aliphatic heterocycles. The maximum Gasteiger partial charge on any atom is 0.107 e. The molecule has 1 fully saturated rings. The van der Waals surface area contributed by atoms with Crippen molar-refractivity contribution < 1.29 is 25.5 Å². The molecule has 1 aliphatic rings. The summed E-state index contributed by atoms with van der Waals surface area (Å²) in [4.78, 5) is 0.658. The standard InChI is InChI=1S/C30H60N2O5S/c1-27(2,3)17-29(7,8)15-24(38)32-20(16-31-19-12-11-13-21(33)26(37)25(19)36)22(34)14-23(35)30(9,10)18-28(4,5)6/h19-23,25-26,31,33-37H,11-18H2,1-10H3,(H,32,38). The highest BCUT2D eigenvalue weighted by Crippen LogP contribution is 2.38. The lowest BCUT2D eigenvalue weighted by Crippen LogP contribution is -2.55. The Morgan fingerprint density at radius 2 is 1.39 bits per heavy atom. The van der Waals surface area contributed by atoms with E-state index in [0.717, 1.165) is 12.8 Å². The van der Waals surface area contributed by atoms with E-state index in [9.17, 15) is 25.5 Å². The number of nitrogens with one attached hydrogen (secondary N) is 2. The monoisotopic (exact) mass is 560 g/mol. The molecule has 0 bridgehead atoms. The highest BCUT2D eigenvalue weighted by molar-refractivity contribution is 7.80. The quantitative estimate of drug-likeness (QED) is 0.141. The first-order valence-corrected chi connectivity index (χ1v) is 14.9. The molecule has 0 aromatic rings. The average Bonchev–Trinajstić information content (AvgIpc) is 2.80. The smallest absolute Gasteiger partial charge is 0.107 e. The molecule has 0 aromatic carbocycles. The summed E-state index contributed by atoms with van der Waals surface area (Å²) in [6, 6.07) is -0.919. The molecule has 7 nitrogen and oxygen atoms in total. The number of aliphatic hydroxyl groups is 5. The molecule has 0 amide bonds. The van der Waals surface area contributed by atoms with Gasteiger partial charge in [0, 0.05) is 25.4 Å². The molecule has 0 radical (unpaired) electrons. The van der Waals surface area contributed by atoms with Crippen LogP contribution >= 0.6 is 12.2 Å². The summed E-state index contributed by atoms with van der Waals surface area (Å²) in [7, 11) is 0. The Hall–Kier alpha value is -0.350. The molecule has 226 valence electrons. The highest BCUT2D eigenvalue weighted by Gasteiger charge is 2.37. The molecule has 0 saturated heterocycles. The van der Waals surface area contributed by atoms with E-state index in [2.05, 4.69) is 66.0 Å². The number of rotatable bonds is 12. The number of aliphatic hydroxyl groups excluding tert-OH is 5. The molecule has 1 saturated carbocycles. The maximum absolute atomic E-state index is 11.3. The first kappa shape index (κ1) is 35.7. The summed E-state index contributed by atoms with van der Waals surface area (Å²) in [5.41, 5.74) is -0.222. The molecule has 38 heavy (non-hydrogen) atoms. The first-order chi connectivity index (χ1) is 17.0. The summed E-state index contributed by atoms with van der Waals surface area (Å²) in [5.74, 6) is 0. The zero-order valence-electron chi connectivity index (χ0n) is 25.8. The van der Waals surface area contributed by atoms with Gasteiger partial charge in [0.1, 0.15) is 6.10 Å². The van der Waals surface area contributed by atoms with E-state index < -0.39 is 42.6 Å². The van der Waals surface area contributed by atoms with Crippen molar-refractivity contribution in [2.24, 2.45) is 21.7 Å². The molecular weight excluding hydrogens is 500 g/mol. The third-order valence-electron chi connectivity index (χ3n) is 7.58. The van der Waals surface area contributed by atoms with Gasteiger partial charge in [-0.25, -0.2) is 0 Å². The van der Waals surface area contributed by atoms with Crippen LogP contribution in [-0.4, -0.2) is 79.7 Å². The number of thiocarbonyl (C=S) groups is 1. The zero-order valence-corrected chi connectivity index (χ0v) is 26.7. The fraction of sp³-hybridized carbons (Fsp3) is 0.967. The predicted octanol–water partition coefficient (Wildman–Crippen LogP) is 3.92. The van der Waals surface area contributed by atoms with Gasteiger partial charge in [-0.05, 0) is 53.8 Å². The Morgan fingerprint density at radius 1 is 0.842 bits per heavy atom. The third kappa shape index (κ3) is 12.9. The minimum atomic E-state index is -1.22. The average molecular weight is 561 g/mol. The van der Waals surface area contributed by atoms with Gasteiger partial charge in [-0.15, -0.1) is 0 Å². The fourth-order valence-electron chi connectivity index (χ4n) is 6.53. The minimum absolute atomic E-state index is 0.0305. The van der Waals surface area contributed by atoms with Crippen LogP contribution in [0.2, 0.25) is 0 Å². The molecule has 1 aliphatic carbocycles. The Labute approximate surface area is 238 Å². The molecule has 7 unspecified atom stereocenters. The lowest BCUT2D eigenvalue weighted by atomic mass is 9.71. The van der Waals surface area contributed by atoms with E-state index in [1.807, 2.05) is 13.8 Å². The van der Waals surface area contributed by atoms with Gasteiger partial charge >= 0.3 is 0 Å². The maximum atomic E-state index is 11.3. The van der Waals surface area contributed by atoms with Gasteiger partial charge < -0.3 is 36.2 Å². The second-order valence-electron chi connectivity index (χ2n) is 15.8. The van der Waals surface area contributed by atoms with Crippen LogP contribution in [0, 0.1) is 21.7 Å². The van der Waals surface area contributed by atoms with Gasteiger partial charge in [-0.3, -0.25) is 0 Å². The number of hydrogen-bond acceptors (Lipinski definition) is 7. The molecule has 0 aromatic heterocycles. The lowest BCUT2D eigenvalue weighted by Gasteiger charge is -2.39. The number of hydrogen-bond donors (Lipinski definition) is 7. The van der Waals surface area contributed by atoms with E-state index in [1.54, 1.807) is 0 Å². The van der Waals surface area contributed by atoms with Crippen molar-refractivity contribution in [3.63, 3.8) is 0 Å². The van der Waals surface area contributed by atoms with E-state index in [-0.39, 0.29) is 34.6 Å². The topological polar surface area (TPSA) is 125 Å². The second kappa shape index (κ2) is 14.0. The van der Waals surface area contributed by atoms with Crippen LogP contribution < -0.4 is 10.6 Å². The largest absolute Gasteiger partial charge is 0.392 e. The van der Waals surface area contributed by atoms with Crippen LogP contribution in [0.15, 0.2) is 0 Å². The van der Waals surface area contributed by atoms with Crippen molar-refractivity contribution in [1.29, 1.82) is 0 Å². The normalized spacial score (nSPS) is 26.4. The Kier molecular flexibility index (Phi) is 13.2. The van der Waals surface area contributed by atoms with Crippen LogP contribution in [0.4, 0.5) is 0 Å². The van der Waals surface area contributed by atoms with E-state index in [1.165, 1.54) is 0 Å². The molecule has 0 heterocycles. The summed E-state index contributed by atoms with van der Waals surface area (Å²) in [6.45, 7) is 21.8. The molecule has 1 rings (SSSR count). The van der Waals surface area contributed by atoms with Crippen molar-refractivity contribution in [3.05, 3.63) is 0 Å². The Balaban J connectivity index is 3.02. The van der Waals surface area contributed by atoms with Crippen molar-refractivity contribution in [2.45, 2.75) is 157 Å². The van der Waals surface area contributed by atoms with Gasteiger partial charge in [0.25, 0.3) is 0 Å². The van der Waals surface area contributed by atoms with Crippen LogP contribution in [0.3, 0.4) is 0 Å². The Morgan fingerprint density at radius 3 is 1.92 bits per heavy atom. The summed E-state index contributed by atoms with van der Waals surface area (Å²) >= 11 is 5.76. The summed E-state index contributed by atoms with van der Waals surface area (Å²) in [5, 5.41) is 60.1. The predicted molar refractivity (Wildman–Crippen MR) is 160 cm³/mol. The third-order valence-corrected chi connectivity index (χ3v) is 7.85. The van der Waals surface area contributed by atoms with E-state index in [4.69, 9.17) is 12.2 Å². The van der Waals surface area contributed by atoms with E-state index >= 15 is 0 Å². The van der Waals surface area contributed by atoms with Gasteiger partial charge in [0.05, 0.1) is 35.4 Å². The van der Waals surface area contributed by atoms with E-state index in [0.29, 0.717) is 30.7 Å². The van der Waals surface area contributed by atoms with Gasteiger partial charge in [0.2, 0.25) is 0 Å². The second-order valence-corrected chi connectivity index (χ2v) is 16.3. The van der Waals surface area contributed by atoms with Crippen LogP contribution in [0.1, 0.15) is 114 Å². The molecule has 0 spiro atoms. The zero-order chi connectivity index (χ0) is 29.7. The van der Waals surface area contributed by atoms with Crippen molar-refractivity contribution in [1.82, 2.24) is 10.6 Å². The van der Waals surface area contributed by atoms with Gasteiger partial charge in [-0.2, -0.15) is 0 Å². The Bertz CT molecular complexity index is 731. The lowest BCUT2D eigenvalue weighted by molar-refractivity contribution is -0.0654. The van der Waals surface area contributed by atoms with Crippen molar-refractivity contribution in [3.8, 4) is 0 Å². The minimum Gasteiger partial charge on any atom is -0.392 e. The molecule has 7 atom stereocenters. The van der Waals surface area contributed by atoms with Gasteiger partial charge in [-0.1, -0.05) is 81.5 Å². The van der Waals surface area contributed by atoms with Crippen LogP contribution in [0.25, 0.3) is 0 Å². The molecule has 7 N–H and O–H groups in total. The molecular formula is C30H60N2O5S. The summed E-state index contributed by atoms with van der Waals surface area (Å²) < 4.78 is 0. The molecule has 8 heteroatoms. The fourth-order valence-corrected chi connectivity index (χ4v) is 7.07. The van der Waals surface area contributed by atoms with Crippen molar-refractivity contribution in [2.75, 3.05) is 6.54 Å². The summed E-state index contributed by atoms with van der Waals surface area (Å²) in [6.07, 6.45) is -0.537. The first-order valence-electron chi connectivity index (χ1n) is 14.5. The van der Waals surface area contributed by atoms with Gasteiger partial charge in [0.15, 0.2) is 0 Å². The van der Waals surface area contributed by atoms with Crippen LogP contribution in [0.5, 0.6) is 0 Å².